The van der Waals surface area contributed by atoms with E-state index in [9.17, 15) is 4.79 Å². The minimum absolute atomic E-state index is 0.171. The molecule has 1 aliphatic carbocycles. The molecular weight excluding hydrogens is 138 g/mol. The van der Waals surface area contributed by atoms with Crippen molar-refractivity contribution in [3.8, 4) is 0 Å². The second-order valence-corrected chi connectivity index (χ2v) is 3.71. The number of unbranched alkanes of at least 4 members (excludes halogenated alkanes) is 1. The third-order valence-corrected chi connectivity index (χ3v) is 2.20. The predicted molar refractivity (Wildman–Crippen MR) is 45.3 cm³/mol. The zero-order chi connectivity index (χ0) is 8.32. The van der Waals surface area contributed by atoms with Gasteiger partial charge in [-0.25, -0.2) is 0 Å². The van der Waals surface area contributed by atoms with Crippen LogP contribution in [0.25, 0.3) is 0 Å². The van der Waals surface area contributed by atoms with Gasteiger partial charge in [0, 0.05) is 12.0 Å². The van der Waals surface area contributed by atoms with Gasteiger partial charge in [-0.2, -0.15) is 0 Å². The van der Waals surface area contributed by atoms with Crippen LogP contribution in [0.2, 0.25) is 0 Å². The SMILES string of the molecule is CCCCC(=O)NC1(C)CC1. The van der Waals surface area contributed by atoms with Crippen LogP contribution in [0.3, 0.4) is 0 Å². The highest BCUT2D eigenvalue weighted by Crippen LogP contribution is 2.34. The average Bonchev–Trinajstić information content (AvgIpc) is 2.63. The first-order chi connectivity index (χ1) is 5.16. The van der Waals surface area contributed by atoms with E-state index in [0.29, 0.717) is 6.42 Å². The van der Waals surface area contributed by atoms with Crippen molar-refractivity contribution >= 4 is 5.91 Å². The Labute approximate surface area is 68.4 Å². The summed E-state index contributed by atoms with van der Waals surface area (Å²) in [6.07, 6.45) is 5.13. The van der Waals surface area contributed by atoms with Crippen LogP contribution in [0, 0.1) is 0 Å². The number of hydrogen-bond donors (Lipinski definition) is 1. The van der Waals surface area contributed by atoms with Gasteiger partial charge in [-0.3, -0.25) is 4.79 Å². The summed E-state index contributed by atoms with van der Waals surface area (Å²) in [6.45, 7) is 4.21. The van der Waals surface area contributed by atoms with Crippen LogP contribution in [0.15, 0.2) is 0 Å². The van der Waals surface area contributed by atoms with Crippen molar-refractivity contribution in [2.24, 2.45) is 0 Å². The summed E-state index contributed by atoms with van der Waals surface area (Å²) < 4.78 is 0. The molecule has 0 bridgehead atoms. The smallest absolute Gasteiger partial charge is 0.220 e. The fraction of sp³-hybridized carbons (Fsp3) is 0.889. The monoisotopic (exact) mass is 155 g/mol. The summed E-state index contributed by atoms with van der Waals surface area (Å²) in [5, 5.41) is 3.03. The molecule has 11 heavy (non-hydrogen) atoms. The first kappa shape index (κ1) is 8.57. The Bertz CT molecular complexity index is 150. The molecule has 1 rings (SSSR count). The van der Waals surface area contributed by atoms with Crippen LogP contribution in [0.4, 0.5) is 0 Å². The van der Waals surface area contributed by atoms with E-state index in [0.717, 1.165) is 25.7 Å². The summed E-state index contributed by atoms with van der Waals surface area (Å²) in [5.74, 6) is 0.229. The molecule has 0 spiro atoms. The van der Waals surface area contributed by atoms with Gasteiger partial charge < -0.3 is 5.32 Å². The Morgan fingerprint density at radius 3 is 2.64 bits per heavy atom. The zero-order valence-electron chi connectivity index (χ0n) is 7.44. The molecule has 1 saturated carbocycles. The molecule has 1 aliphatic rings. The lowest BCUT2D eigenvalue weighted by molar-refractivity contribution is -0.122. The molecule has 0 unspecified atom stereocenters. The standard InChI is InChI=1S/C9H17NO/c1-3-4-5-8(11)10-9(2)6-7-9/h3-7H2,1-2H3,(H,10,11). The summed E-state index contributed by atoms with van der Waals surface area (Å²) in [4.78, 5) is 11.1. The second kappa shape index (κ2) is 3.24. The van der Waals surface area contributed by atoms with Gasteiger partial charge in [-0.15, -0.1) is 0 Å². The average molecular weight is 155 g/mol. The highest BCUT2D eigenvalue weighted by Gasteiger charge is 2.38. The van der Waals surface area contributed by atoms with Gasteiger partial charge in [-0.05, 0) is 26.2 Å². The molecule has 1 amide bonds. The van der Waals surface area contributed by atoms with Gasteiger partial charge in [-0.1, -0.05) is 13.3 Å². The molecule has 0 aromatic heterocycles. The van der Waals surface area contributed by atoms with Gasteiger partial charge in [0.15, 0.2) is 0 Å². The Morgan fingerprint density at radius 2 is 2.18 bits per heavy atom. The molecule has 2 heteroatoms. The van der Waals surface area contributed by atoms with E-state index in [1.807, 2.05) is 0 Å². The maximum absolute atomic E-state index is 11.1. The van der Waals surface area contributed by atoms with E-state index >= 15 is 0 Å². The Kier molecular flexibility index (Phi) is 2.53. The molecule has 1 N–H and O–H groups in total. The first-order valence-electron chi connectivity index (χ1n) is 4.47. The number of nitrogens with one attached hydrogen (secondary N) is 1. The largest absolute Gasteiger partial charge is 0.351 e. The van der Waals surface area contributed by atoms with Crippen molar-refractivity contribution in [1.82, 2.24) is 5.32 Å². The lowest BCUT2D eigenvalue weighted by Crippen LogP contribution is -2.33. The van der Waals surface area contributed by atoms with Crippen LogP contribution in [0.1, 0.15) is 46.0 Å². The maximum Gasteiger partial charge on any atom is 0.220 e. The topological polar surface area (TPSA) is 29.1 Å². The minimum atomic E-state index is 0.171. The molecule has 0 aromatic carbocycles. The number of carbonyl (C=O) groups excluding carboxylic acids is 1. The second-order valence-electron chi connectivity index (χ2n) is 3.71. The Morgan fingerprint density at radius 1 is 1.55 bits per heavy atom. The third-order valence-electron chi connectivity index (χ3n) is 2.20. The van der Waals surface area contributed by atoms with Gasteiger partial charge >= 0.3 is 0 Å². The fourth-order valence-corrected chi connectivity index (χ4v) is 1.05. The predicted octanol–water partition coefficient (Wildman–Crippen LogP) is 1.85. The van der Waals surface area contributed by atoms with Crippen LogP contribution in [0.5, 0.6) is 0 Å². The van der Waals surface area contributed by atoms with Crippen molar-refractivity contribution in [3.05, 3.63) is 0 Å². The van der Waals surface area contributed by atoms with E-state index in [2.05, 4.69) is 19.2 Å². The van der Waals surface area contributed by atoms with Gasteiger partial charge in [0.2, 0.25) is 5.91 Å². The Hall–Kier alpha value is -0.530. The van der Waals surface area contributed by atoms with Gasteiger partial charge in [0.05, 0.1) is 0 Å². The van der Waals surface area contributed by atoms with Crippen molar-refractivity contribution < 1.29 is 4.79 Å². The van der Waals surface area contributed by atoms with Crippen LogP contribution < -0.4 is 5.32 Å². The molecule has 0 aromatic rings. The van der Waals surface area contributed by atoms with Crippen LogP contribution in [-0.2, 0) is 4.79 Å². The molecular formula is C9H17NO. The first-order valence-corrected chi connectivity index (χ1v) is 4.47. The van der Waals surface area contributed by atoms with Crippen LogP contribution in [-0.4, -0.2) is 11.4 Å². The molecule has 0 saturated heterocycles. The van der Waals surface area contributed by atoms with Crippen LogP contribution >= 0.6 is 0 Å². The number of rotatable bonds is 4. The molecule has 64 valence electrons. The number of hydrogen-bond acceptors (Lipinski definition) is 1. The molecule has 0 heterocycles. The molecule has 2 nitrogen and oxygen atoms in total. The normalized spacial score (nSPS) is 19.5. The molecule has 0 radical (unpaired) electrons. The lowest BCUT2D eigenvalue weighted by atomic mass is 10.2. The molecule has 1 fully saturated rings. The molecule has 0 aliphatic heterocycles. The van der Waals surface area contributed by atoms with Gasteiger partial charge in [0.1, 0.15) is 0 Å². The highest BCUT2D eigenvalue weighted by molar-refractivity contribution is 5.77. The van der Waals surface area contributed by atoms with Crippen molar-refractivity contribution in [2.45, 2.75) is 51.5 Å². The number of carbonyl (C=O) groups is 1. The maximum atomic E-state index is 11.1. The van der Waals surface area contributed by atoms with E-state index in [4.69, 9.17) is 0 Å². The van der Waals surface area contributed by atoms with E-state index in [-0.39, 0.29) is 11.4 Å². The lowest BCUT2D eigenvalue weighted by Gasteiger charge is -2.10. The summed E-state index contributed by atoms with van der Waals surface area (Å²) in [5.41, 5.74) is 0.171. The van der Waals surface area contributed by atoms with E-state index < -0.39 is 0 Å². The number of amides is 1. The quantitative estimate of drug-likeness (QED) is 0.659. The van der Waals surface area contributed by atoms with E-state index in [1.165, 1.54) is 0 Å². The van der Waals surface area contributed by atoms with Gasteiger partial charge in [0.25, 0.3) is 0 Å². The summed E-state index contributed by atoms with van der Waals surface area (Å²) in [6, 6.07) is 0. The summed E-state index contributed by atoms with van der Waals surface area (Å²) in [7, 11) is 0. The van der Waals surface area contributed by atoms with Crippen molar-refractivity contribution in [3.63, 3.8) is 0 Å². The van der Waals surface area contributed by atoms with Crippen molar-refractivity contribution in [2.75, 3.05) is 0 Å². The summed E-state index contributed by atoms with van der Waals surface area (Å²) >= 11 is 0. The van der Waals surface area contributed by atoms with Crippen molar-refractivity contribution in [1.29, 1.82) is 0 Å². The zero-order valence-corrected chi connectivity index (χ0v) is 7.44. The highest BCUT2D eigenvalue weighted by atomic mass is 16.1. The minimum Gasteiger partial charge on any atom is -0.351 e. The Balaban J connectivity index is 2.11. The third kappa shape index (κ3) is 2.91. The fourth-order valence-electron chi connectivity index (χ4n) is 1.05. The van der Waals surface area contributed by atoms with E-state index in [1.54, 1.807) is 0 Å². The molecule has 0 atom stereocenters.